The highest BCUT2D eigenvalue weighted by atomic mass is 32.2. The van der Waals surface area contributed by atoms with E-state index < -0.39 is 24.7 Å². The third-order valence-electron chi connectivity index (χ3n) is 0.536. The second-order valence-electron chi connectivity index (χ2n) is 0.995. The van der Waals surface area contributed by atoms with E-state index in [9.17, 15) is 4.21 Å². The summed E-state index contributed by atoms with van der Waals surface area (Å²) in [6.45, 7) is -1.25. The molecule has 0 aliphatic rings. The summed E-state index contributed by atoms with van der Waals surface area (Å²) in [4.78, 5) is 0. The lowest BCUT2D eigenvalue weighted by Crippen LogP contribution is -2.27. The molecular formula is C2H7NO4S. The lowest BCUT2D eigenvalue weighted by molar-refractivity contribution is 0.0952. The van der Waals surface area contributed by atoms with Gasteiger partial charge in [-0.1, -0.05) is 0 Å². The molecule has 0 spiro atoms. The Morgan fingerprint density at radius 3 is 1.75 bits per heavy atom. The van der Waals surface area contributed by atoms with Crippen LogP contribution >= 0.6 is 0 Å². The van der Waals surface area contributed by atoms with E-state index in [-0.39, 0.29) is 0 Å². The fourth-order valence-electron chi connectivity index (χ4n) is 0.144. The number of nitrogens with zero attached hydrogens (tertiary/aromatic N) is 1. The van der Waals surface area contributed by atoms with Gasteiger partial charge in [-0.3, -0.25) is 4.55 Å². The molecule has 6 heteroatoms. The van der Waals surface area contributed by atoms with Crippen molar-refractivity contribution in [1.82, 2.24) is 4.31 Å². The quantitative estimate of drug-likeness (QED) is 0.324. The molecule has 0 radical (unpaired) electrons. The van der Waals surface area contributed by atoms with Crippen LogP contribution in [0.3, 0.4) is 0 Å². The van der Waals surface area contributed by atoms with Crippen LogP contribution in [0.15, 0.2) is 0 Å². The molecule has 0 aromatic rings. The van der Waals surface area contributed by atoms with Crippen molar-refractivity contribution < 1.29 is 19.0 Å². The topological polar surface area (TPSA) is 81.0 Å². The third-order valence-corrected chi connectivity index (χ3v) is 1.21. The van der Waals surface area contributed by atoms with Crippen molar-refractivity contribution in [1.29, 1.82) is 0 Å². The van der Waals surface area contributed by atoms with E-state index in [4.69, 9.17) is 14.8 Å². The van der Waals surface area contributed by atoms with Crippen LogP contribution in [0.2, 0.25) is 0 Å². The average Bonchev–Trinajstić information content (AvgIpc) is 1.69. The Kier molecular flexibility index (Phi) is 3.92. The number of hydrogen-bond acceptors (Lipinski definition) is 3. The van der Waals surface area contributed by atoms with E-state index in [1.54, 1.807) is 0 Å². The molecule has 0 fully saturated rings. The van der Waals surface area contributed by atoms with Crippen LogP contribution in [-0.2, 0) is 11.3 Å². The Labute approximate surface area is 49.0 Å². The molecule has 0 aliphatic carbocycles. The Bertz CT molecular complexity index is 82.1. The minimum atomic E-state index is -2.27. The number of aliphatic hydroxyl groups excluding tert-OH is 2. The largest absolute Gasteiger partial charge is 0.380 e. The lowest BCUT2D eigenvalue weighted by Gasteiger charge is -2.08. The highest BCUT2D eigenvalue weighted by Gasteiger charge is 2.04. The summed E-state index contributed by atoms with van der Waals surface area (Å²) in [7, 11) is 0. The third kappa shape index (κ3) is 2.34. The molecule has 50 valence electrons. The fourth-order valence-corrected chi connectivity index (χ4v) is 0.341. The van der Waals surface area contributed by atoms with E-state index >= 15 is 0 Å². The molecule has 5 nitrogen and oxygen atoms in total. The smallest absolute Gasteiger partial charge is 0.238 e. The van der Waals surface area contributed by atoms with Gasteiger partial charge in [-0.2, -0.15) is 4.31 Å². The van der Waals surface area contributed by atoms with Gasteiger partial charge in [0.2, 0.25) is 11.3 Å². The van der Waals surface area contributed by atoms with E-state index in [1.165, 1.54) is 0 Å². The van der Waals surface area contributed by atoms with Gasteiger partial charge in [0.05, 0.1) is 0 Å². The first kappa shape index (κ1) is 7.99. The molecule has 1 unspecified atom stereocenters. The Morgan fingerprint density at radius 2 is 1.75 bits per heavy atom. The molecule has 3 N–H and O–H groups in total. The monoisotopic (exact) mass is 141 g/mol. The van der Waals surface area contributed by atoms with Gasteiger partial charge >= 0.3 is 0 Å². The van der Waals surface area contributed by atoms with E-state index in [0.29, 0.717) is 4.31 Å². The maximum Gasteiger partial charge on any atom is 0.238 e. The van der Waals surface area contributed by atoms with E-state index in [1.807, 2.05) is 0 Å². The van der Waals surface area contributed by atoms with Crippen molar-refractivity contribution >= 4 is 11.3 Å². The van der Waals surface area contributed by atoms with Crippen molar-refractivity contribution in [3.05, 3.63) is 0 Å². The second-order valence-corrected chi connectivity index (χ2v) is 1.97. The van der Waals surface area contributed by atoms with Gasteiger partial charge in [-0.25, -0.2) is 4.21 Å². The van der Waals surface area contributed by atoms with Gasteiger partial charge < -0.3 is 10.2 Å². The zero-order valence-corrected chi connectivity index (χ0v) is 4.84. The highest BCUT2D eigenvalue weighted by Crippen LogP contribution is 1.84. The first-order valence-corrected chi connectivity index (χ1v) is 2.86. The predicted octanol–water partition coefficient (Wildman–Crippen LogP) is -1.68. The van der Waals surface area contributed by atoms with Crippen LogP contribution < -0.4 is 0 Å². The average molecular weight is 141 g/mol. The molecular weight excluding hydrogens is 134 g/mol. The van der Waals surface area contributed by atoms with Gasteiger partial charge in [0.1, 0.15) is 13.5 Å². The highest BCUT2D eigenvalue weighted by molar-refractivity contribution is 7.76. The van der Waals surface area contributed by atoms with Crippen molar-refractivity contribution in [2.24, 2.45) is 0 Å². The second kappa shape index (κ2) is 3.93. The van der Waals surface area contributed by atoms with Crippen molar-refractivity contribution in [3.8, 4) is 0 Å². The molecule has 0 rings (SSSR count). The van der Waals surface area contributed by atoms with Crippen molar-refractivity contribution in [3.63, 3.8) is 0 Å². The van der Waals surface area contributed by atoms with Gasteiger partial charge in [0, 0.05) is 0 Å². The summed E-state index contributed by atoms with van der Waals surface area (Å²) < 4.78 is 18.5. The summed E-state index contributed by atoms with van der Waals surface area (Å²) in [5.41, 5.74) is 0. The Hall–Kier alpha value is -0.0100. The molecule has 0 saturated carbocycles. The van der Waals surface area contributed by atoms with E-state index in [0.717, 1.165) is 0 Å². The normalized spacial score (nSPS) is 14.5. The van der Waals surface area contributed by atoms with Gasteiger partial charge in [-0.05, 0) is 0 Å². The minimum Gasteiger partial charge on any atom is -0.380 e. The predicted molar refractivity (Wildman–Crippen MR) is 26.8 cm³/mol. The molecule has 0 saturated heterocycles. The zero-order valence-electron chi connectivity index (χ0n) is 4.02. The zero-order chi connectivity index (χ0) is 6.57. The number of hydrogen-bond donors (Lipinski definition) is 3. The molecule has 0 aromatic heterocycles. The van der Waals surface area contributed by atoms with E-state index in [2.05, 4.69) is 0 Å². The van der Waals surface area contributed by atoms with Crippen LogP contribution in [-0.4, -0.2) is 36.7 Å². The summed E-state index contributed by atoms with van der Waals surface area (Å²) in [5.74, 6) is 0. The first-order chi connectivity index (χ1) is 3.72. The number of aliphatic hydroxyl groups is 2. The number of rotatable bonds is 3. The van der Waals surface area contributed by atoms with Crippen molar-refractivity contribution in [2.45, 2.75) is 0 Å². The first-order valence-electron chi connectivity index (χ1n) is 1.80. The lowest BCUT2D eigenvalue weighted by atomic mass is 11.1. The molecule has 0 aliphatic heterocycles. The molecule has 0 heterocycles. The van der Waals surface area contributed by atoms with Crippen LogP contribution in [0.25, 0.3) is 0 Å². The van der Waals surface area contributed by atoms with Crippen LogP contribution in [0.1, 0.15) is 0 Å². The fraction of sp³-hybridized carbons (Fsp3) is 1.00. The van der Waals surface area contributed by atoms with Crippen LogP contribution in [0.5, 0.6) is 0 Å². The van der Waals surface area contributed by atoms with Crippen LogP contribution in [0, 0.1) is 0 Å². The molecule has 0 aromatic carbocycles. The Balaban J connectivity index is 3.52. The molecule has 0 bridgehead atoms. The Morgan fingerprint density at radius 1 is 1.38 bits per heavy atom. The maximum absolute atomic E-state index is 9.88. The van der Waals surface area contributed by atoms with Crippen molar-refractivity contribution in [2.75, 3.05) is 13.5 Å². The molecule has 1 atom stereocenters. The standard InChI is InChI=1S/C2H7NO4S/c4-1-3(2-5)8(6)7/h4-5H,1-2H2,(H,6,7). The summed E-state index contributed by atoms with van der Waals surface area (Å²) in [6, 6.07) is 0. The van der Waals surface area contributed by atoms with Gasteiger partial charge in [-0.15, -0.1) is 0 Å². The minimum absolute atomic E-state index is 0.556. The van der Waals surface area contributed by atoms with Gasteiger partial charge in [0.15, 0.2) is 0 Å². The molecule has 0 amide bonds. The summed E-state index contributed by atoms with van der Waals surface area (Å²) in [6.07, 6.45) is 0. The van der Waals surface area contributed by atoms with Gasteiger partial charge in [0.25, 0.3) is 0 Å². The SMILES string of the molecule is O=S(O)N(CO)CO. The van der Waals surface area contributed by atoms with Crippen LogP contribution in [0.4, 0.5) is 0 Å². The summed E-state index contributed by atoms with van der Waals surface area (Å²) >= 11 is -2.27. The maximum atomic E-state index is 9.88. The molecule has 8 heavy (non-hydrogen) atoms. The summed E-state index contributed by atoms with van der Waals surface area (Å²) in [5, 5.41) is 16.2.